The van der Waals surface area contributed by atoms with Crippen LogP contribution >= 0.6 is 0 Å². The van der Waals surface area contributed by atoms with Crippen molar-refractivity contribution in [1.82, 2.24) is 0 Å². The van der Waals surface area contributed by atoms with E-state index in [1.807, 2.05) is 6.07 Å². The Morgan fingerprint density at radius 3 is 2.18 bits per heavy atom. The number of aryl methyl sites for hydroxylation is 1. The summed E-state index contributed by atoms with van der Waals surface area (Å²) in [6.45, 7) is 2.18. The van der Waals surface area contributed by atoms with Crippen molar-refractivity contribution in [3.05, 3.63) is 48.0 Å². The fourth-order valence-corrected chi connectivity index (χ4v) is 3.68. The molecule has 0 aliphatic heterocycles. The summed E-state index contributed by atoms with van der Waals surface area (Å²) in [6, 6.07) is 11.0. The maximum absolute atomic E-state index is 11.9. The van der Waals surface area contributed by atoms with Gasteiger partial charge in [0.1, 0.15) is 10.6 Å². The van der Waals surface area contributed by atoms with E-state index in [0.29, 0.717) is 17.7 Å². The van der Waals surface area contributed by atoms with Crippen LogP contribution in [0.5, 0.6) is 17.2 Å². The third-order valence-corrected chi connectivity index (χ3v) is 5.26. The molecule has 1 N–H and O–H groups in total. The summed E-state index contributed by atoms with van der Waals surface area (Å²) in [7, 11) is -4.57. The number of benzene rings is 2. The second kappa shape index (κ2) is 12.5. The molecule has 0 saturated heterocycles. The fourth-order valence-electron chi connectivity index (χ4n) is 3.00. The molecule has 5 nitrogen and oxygen atoms in total. The van der Waals surface area contributed by atoms with Gasteiger partial charge in [-0.25, -0.2) is 0 Å². The molecule has 0 heterocycles. The number of rotatable bonds is 11. The summed E-state index contributed by atoms with van der Waals surface area (Å²) in [4.78, 5) is -0.475. The largest absolute Gasteiger partial charge is 1.00 e. The van der Waals surface area contributed by atoms with E-state index in [-0.39, 0.29) is 35.3 Å². The summed E-state index contributed by atoms with van der Waals surface area (Å²) in [6.07, 6.45) is 8.30. The molecule has 0 saturated carbocycles. The molecule has 28 heavy (non-hydrogen) atoms. The third kappa shape index (κ3) is 8.13. The van der Waals surface area contributed by atoms with E-state index in [9.17, 15) is 18.1 Å². The van der Waals surface area contributed by atoms with Crippen molar-refractivity contribution >= 4 is 10.1 Å². The van der Waals surface area contributed by atoms with Gasteiger partial charge in [0.05, 0.1) is 0 Å². The van der Waals surface area contributed by atoms with Gasteiger partial charge in [-0.3, -0.25) is 4.55 Å². The fraction of sp³-hybridized carbons (Fsp3) is 0.429. The van der Waals surface area contributed by atoms with Crippen LogP contribution in [0.4, 0.5) is 0 Å². The monoisotopic (exact) mass is 414 g/mol. The Balaban J connectivity index is 0.00000392. The molecule has 0 radical (unpaired) electrons. The first kappa shape index (κ1) is 25.0. The molecule has 0 aromatic heterocycles. The van der Waals surface area contributed by atoms with Crippen LogP contribution in [0.2, 0.25) is 0 Å². The van der Waals surface area contributed by atoms with E-state index >= 15 is 0 Å². The zero-order valence-electron chi connectivity index (χ0n) is 16.7. The zero-order chi connectivity index (χ0) is 19.7. The van der Waals surface area contributed by atoms with Gasteiger partial charge in [0.15, 0.2) is 5.75 Å². The number of para-hydroxylation sites is 1. The Hall–Kier alpha value is -1.05. The minimum absolute atomic E-state index is 0. The van der Waals surface area contributed by atoms with Gasteiger partial charge in [-0.2, -0.15) is 8.42 Å². The van der Waals surface area contributed by atoms with Gasteiger partial charge in [0.25, 0.3) is 10.1 Å². The van der Waals surface area contributed by atoms with Crippen LogP contribution in [-0.2, 0) is 16.5 Å². The molecule has 0 amide bonds. The smallest absolute Gasteiger partial charge is 0.872 e. The van der Waals surface area contributed by atoms with Crippen LogP contribution in [-0.4, -0.2) is 13.0 Å². The predicted octanol–water partition coefficient (Wildman–Crippen LogP) is 2.10. The van der Waals surface area contributed by atoms with Crippen LogP contribution in [0.25, 0.3) is 0 Å². The van der Waals surface area contributed by atoms with E-state index in [1.165, 1.54) is 31.7 Å². The Morgan fingerprint density at radius 1 is 0.964 bits per heavy atom. The van der Waals surface area contributed by atoms with Gasteiger partial charge in [0.2, 0.25) is 0 Å². The second-order valence-corrected chi connectivity index (χ2v) is 8.06. The van der Waals surface area contributed by atoms with Gasteiger partial charge in [-0.1, -0.05) is 69.7 Å². The quantitative estimate of drug-likeness (QED) is 0.346. The van der Waals surface area contributed by atoms with Crippen molar-refractivity contribution in [2.24, 2.45) is 0 Å². The average Bonchev–Trinajstić information content (AvgIpc) is 2.62. The average molecular weight is 414 g/mol. The van der Waals surface area contributed by atoms with Crippen LogP contribution in [0, 0.1) is 0 Å². The summed E-state index contributed by atoms with van der Waals surface area (Å²) < 4.78 is 38.8. The SMILES string of the molecule is CCCCCCCCCc1cc([O-])cc(S(=O)(=O)O)c1Oc1ccccc1.[Na+]. The molecule has 7 heteroatoms. The topological polar surface area (TPSA) is 86.7 Å². The van der Waals surface area contributed by atoms with Crippen molar-refractivity contribution in [1.29, 1.82) is 0 Å². The van der Waals surface area contributed by atoms with E-state index < -0.39 is 20.8 Å². The first-order chi connectivity index (χ1) is 12.9. The number of hydrogen-bond donors (Lipinski definition) is 1. The third-order valence-electron chi connectivity index (χ3n) is 4.40. The molecular formula is C21H27NaO5S. The molecule has 0 spiro atoms. The molecule has 0 aliphatic rings. The van der Waals surface area contributed by atoms with Crippen LogP contribution in [0.3, 0.4) is 0 Å². The molecular weight excluding hydrogens is 387 g/mol. The first-order valence-electron chi connectivity index (χ1n) is 9.46. The van der Waals surface area contributed by atoms with E-state index in [4.69, 9.17) is 4.74 Å². The molecule has 0 aliphatic carbocycles. The van der Waals surface area contributed by atoms with Crippen molar-refractivity contribution in [3.8, 4) is 17.2 Å². The van der Waals surface area contributed by atoms with Gasteiger partial charge in [0, 0.05) is 0 Å². The van der Waals surface area contributed by atoms with Crippen molar-refractivity contribution in [2.75, 3.05) is 0 Å². The second-order valence-electron chi connectivity index (χ2n) is 6.67. The summed E-state index contributed by atoms with van der Waals surface area (Å²) >= 11 is 0. The Kier molecular flexibility index (Phi) is 11.2. The Labute approximate surface area is 190 Å². The van der Waals surface area contributed by atoms with E-state index in [2.05, 4.69) is 6.92 Å². The summed E-state index contributed by atoms with van der Waals surface area (Å²) in [5, 5.41) is 11.9. The molecule has 2 aromatic carbocycles. The van der Waals surface area contributed by atoms with E-state index in [0.717, 1.165) is 25.3 Å². The molecule has 0 fully saturated rings. The van der Waals surface area contributed by atoms with Gasteiger partial charge >= 0.3 is 29.6 Å². The van der Waals surface area contributed by atoms with Gasteiger partial charge in [-0.15, -0.1) is 5.75 Å². The van der Waals surface area contributed by atoms with Crippen LogP contribution in [0.15, 0.2) is 47.4 Å². The van der Waals surface area contributed by atoms with Crippen LogP contribution < -0.4 is 39.4 Å². The number of unbranched alkanes of at least 4 members (excludes halogenated alkanes) is 6. The maximum Gasteiger partial charge on any atom is 1.00 e. The summed E-state index contributed by atoms with van der Waals surface area (Å²) in [5.74, 6) is 0.0251. The van der Waals surface area contributed by atoms with Crippen molar-refractivity contribution < 1.29 is 52.4 Å². The minimum Gasteiger partial charge on any atom is -0.872 e. The summed E-state index contributed by atoms with van der Waals surface area (Å²) in [5.41, 5.74) is 0.507. The standard InChI is InChI=1S/C21H28O5S.Na/c1-2-3-4-5-6-7-9-12-17-15-18(22)16-20(27(23,24)25)21(17)26-19-13-10-8-11-14-19;/h8,10-11,13-16,22H,2-7,9,12H2,1H3,(H,23,24,25);/q;+1/p-1. The predicted molar refractivity (Wildman–Crippen MR) is 104 cm³/mol. The Morgan fingerprint density at radius 2 is 1.57 bits per heavy atom. The molecule has 0 atom stereocenters. The Bertz CT molecular complexity index is 822. The van der Waals surface area contributed by atoms with Crippen molar-refractivity contribution in [2.45, 2.75) is 63.2 Å². The number of hydrogen-bond acceptors (Lipinski definition) is 4. The van der Waals surface area contributed by atoms with Crippen LogP contribution in [0.1, 0.15) is 57.4 Å². The van der Waals surface area contributed by atoms with Crippen molar-refractivity contribution in [3.63, 3.8) is 0 Å². The maximum atomic E-state index is 11.9. The molecule has 0 unspecified atom stereocenters. The molecule has 0 bridgehead atoms. The molecule has 2 aromatic rings. The molecule has 2 rings (SSSR count). The zero-order valence-corrected chi connectivity index (χ0v) is 19.5. The normalized spacial score (nSPS) is 11.1. The number of ether oxygens (including phenoxy) is 1. The van der Waals surface area contributed by atoms with E-state index in [1.54, 1.807) is 24.3 Å². The first-order valence-corrected chi connectivity index (χ1v) is 10.9. The van der Waals surface area contributed by atoms with Gasteiger partial charge in [-0.05, 0) is 36.6 Å². The minimum atomic E-state index is -4.57. The molecule has 148 valence electrons. The van der Waals surface area contributed by atoms with Gasteiger partial charge < -0.3 is 9.84 Å².